The van der Waals surface area contributed by atoms with Gasteiger partial charge in [-0.05, 0) is 48.9 Å². The Morgan fingerprint density at radius 3 is 2.45 bits per heavy atom. The van der Waals surface area contributed by atoms with Crippen LogP contribution >= 0.6 is 11.3 Å². The third-order valence-corrected chi connectivity index (χ3v) is 7.00. The molecule has 5 nitrogen and oxygen atoms in total. The summed E-state index contributed by atoms with van der Waals surface area (Å²) in [5.74, 6) is 0.257. The summed E-state index contributed by atoms with van der Waals surface area (Å²) in [7, 11) is 1.58. The number of anilines is 1. The summed E-state index contributed by atoms with van der Waals surface area (Å²) in [6.07, 6.45) is 4.41. The van der Waals surface area contributed by atoms with E-state index in [1.165, 1.54) is 11.3 Å². The second-order valence-electron chi connectivity index (χ2n) is 8.49. The molecule has 3 aromatic rings. The highest BCUT2D eigenvalue weighted by Crippen LogP contribution is 2.36. The number of hydrogen-bond donors (Lipinski definition) is 1. The SMILES string of the molecule is COc1ccccc1N(C(=O)Cc1cccs1)[C@H](C(=O)NC1CCCC1)c1ccc(C)cc1. The summed E-state index contributed by atoms with van der Waals surface area (Å²) in [4.78, 5) is 30.1. The fraction of sp³-hybridized carbons (Fsp3) is 0.333. The van der Waals surface area contributed by atoms with Crippen LogP contribution in [0.2, 0.25) is 0 Å². The van der Waals surface area contributed by atoms with E-state index in [0.717, 1.165) is 41.7 Å². The Morgan fingerprint density at radius 2 is 1.79 bits per heavy atom. The Balaban J connectivity index is 1.79. The Labute approximate surface area is 199 Å². The molecule has 6 heteroatoms. The summed E-state index contributed by atoms with van der Waals surface area (Å²) in [5.41, 5.74) is 2.47. The van der Waals surface area contributed by atoms with E-state index in [1.807, 2.05) is 73.0 Å². The zero-order valence-corrected chi connectivity index (χ0v) is 19.9. The van der Waals surface area contributed by atoms with Crippen molar-refractivity contribution in [3.05, 3.63) is 82.0 Å². The fourth-order valence-electron chi connectivity index (χ4n) is 4.41. The molecule has 2 amide bonds. The topological polar surface area (TPSA) is 58.6 Å². The number of amides is 2. The van der Waals surface area contributed by atoms with Gasteiger partial charge < -0.3 is 10.1 Å². The van der Waals surface area contributed by atoms with Gasteiger partial charge in [-0.25, -0.2) is 0 Å². The van der Waals surface area contributed by atoms with E-state index < -0.39 is 6.04 Å². The Morgan fingerprint density at radius 1 is 1.06 bits per heavy atom. The lowest BCUT2D eigenvalue weighted by molar-refractivity contribution is -0.127. The van der Waals surface area contributed by atoms with Crippen LogP contribution in [0.4, 0.5) is 5.69 Å². The summed E-state index contributed by atoms with van der Waals surface area (Å²) in [6, 6.07) is 18.5. The van der Waals surface area contributed by atoms with Crippen LogP contribution in [0.25, 0.3) is 0 Å². The normalized spacial score (nSPS) is 14.6. The van der Waals surface area contributed by atoms with Gasteiger partial charge in [-0.1, -0.05) is 60.9 Å². The molecule has 1 fully saturated rings. The van der Waals surface area contributed by atoms with Gasteiger partial charge in [0.1, 0.15) is 11.8 Å². The third-order valence-electron chi connectivity index (χ3n) is 6.12. The summed E-state index contributed by atoms with van der Waals surface area (Å²) in [5, 5.41) is 5.18. The van der Waals surface area contributed by atoms with Crippen LogP contribution in [0.5, 0.6) is 5.75 Å². The number of methoxy groups -OCH3 is 1. The van der Waals surface area contributed by atoms with E-state index >= 15 is 0 Å². The van der Waals surface area contributed by atoms with Crippen molar-refractivity contribution in [2.45, 2.75) is 51.1 Å². The average molecular weight is 463 g/mol. The molecule has 0 bridgehead atoms. The number of aryl methyl sites for hydroxylation is 1. The van der Waals surface area contributed by atoms with Crippen molar-refractivity contribution in [1.82, 2.24) is 5.32 Å². The van der Waals surface area contributed by atoms with Crippen molar-refractivity contribution in [2.24, 2.45) is 0 Å². The first-order chi connectivity index (χ1) is 16.1. The minimum atomic E-state index is -0.796. The molecule has 4 rings (SSSR count). The van der Waals surface area contributed by atoms with Crippen LogP contribution in [0.1, 0.15) is 47.7 Å². The van der Waals surface area contributed by atoms with Crippen LogP contribution in [-0.4, -0.2) is 25.0 Å². The molecule has 0 unspecified atom stereocenters. The number of para-hydroxylation sites is 2. The molecular formula is C27H30N2O3S. The van der Waals surface area contributed by atoms with Crippen LogP contribution in [0, 0.1) is 6.92 Å². The molecule has 1 atom stereocenters. The molecule has 1 saturated carbocycles. The molecule has 0 saturated heterocycles. The standard InChI is InChI=1S/C27H30N2O3S/c1-19-13-15-20(16-14-19)26(27(31)28-21-8-3-4-9-21)29(23-11-5-6-12-24(23)32-2)25(30)18-22-10-7-17-33-22/h5-7,10-17,21,26H,3-4,8-9,18H2,1-2H3,(H,28,31)/t26-/m0/s1. The van der Waals surface area contributed by atoms with E-state index in [1.54, 1.807) is 12.0 Å². The number of benzene rings is 2. The molecule has 1 aliphatic carbocycles. The molecule has 1 heterocycles. The monoisotopic (exact) mass is 462 g/mol. The van der Waals surface area contributed by atoms with E-state index in [0.29, 0.717) is 11.4 Å². The zero-order chi connectivity index (χ0) is 23.2. The predicted octanol–water partition coefficient (Wildman–Crippen LogP) is 5.44. The van der Waals surface area contributed by atoms with Crippen molar-refractivity contribution < 1.29 is 14.3 Å². The lowest BCUT2D eigenvalue weighted by Crippen LogP contribution is -2.47. The highest BCUT2D eigenvalue weighted by Gasteiger charge is 2.35. The van der Waals surface area contributed by atoms with Crippen LogP contribution in [0.3, 0.4) is 0 Å². The van der Waals surface area contributed by atoms with E-state index in [2.05, 4.69) is 5.32 Å². The smallest absolute Gasteiger partial charge is 0.248 e. The number of nitrogens with one attached hydrogen (secondary N) is 1. The number of ether oxygens (including phenoxy) is 1. The molecular weight excluding hydrogens is 432 g/mol. The Hall–Kier alpha value is -3.12. The first-order valence-electron chi connectivity index (χ1n) is 11.4. The van der Waals surface area contributed by atoms with Gasteiger partial charge in [-0.15, -0.1) is 11.3 Å². The molecule has 172 valence electrons. The largest absolute Gasteiger partial charge is 0.495 e. The predicted molar refractivity (Wildman–Crippen MR) is 133 cm³/mol. The van der Waals surface area contributed by atoms with E-state index in [9.17, 15) is 9.59 Å². The lowest BCUT2D eigenvalue weighted by Gasteiger charge is -2.33. The average Bonchev–Trinajstić information content (AvgIpc) is 3.52. The summed E-state index contributed by atoms with van der Waals surface area (Å²) >= 11 is 1.54. The number of rotatable bonds is 8. The van der Waals surface area contributed by atoms with Gasteiger partial charge in [0.25, 0.3) is 0 Å². The van der Waals surface area contributed by atoms with Crippen molar-refractivity contribution >= 4 is 28.8 Å². The van der Waals surface area contributed by atoms with Crippen molar-refractivity contribution in [3.63, 3.8) is 0 Å². The van der Waals surface area contributed by atoms with E-state index in [4.69, 9.17) is 4.74 Å². The van der Waals surface area contributed by atoms with Crippen LogP contribution in [0.15, 0.2) is 66.0 Å². The lowest BCUT2D eigenvalue weighted by atomic mass is 10.0. The molecule has 0 radical (unpaired) electrons. The Kier molecular flexibility index (Phi) is 7.45. The van der Waals surface area contributed by atoms with Gasteiger partial charge in [-0.3, -0.25) is 14.5 Å². The quantitative estimate of drug-likeness (QED) is 0.485. The maximum atomic E-state index is 13.8. The maximum absolute atomic E-state index is 13.8. The number of carbonyl (C=O) groups excluding carboxylic acids is 2. The Bertz CT molecular complexity index is 1070. The van der Waals surface area contributed by atoms with Gasteiger partial charge in [0, 0.05) is 10.9 Å². The highest BCUT2D eigenvalue weighted by atomic mass is 32.1. The first kappa shape index (κ1) is 23.1. The van der Waals surface area contributed by atoms with Gasteiger partial charge in [0.2, 0.25) is 11.8 Å². The minimum absolute atomic E-state index is 0.144. The molecule has 1 aliphatic rings. The highest BCUT2D eigenvalue weighted by molar-refractivity contribution is 7.10. The number of carbonyl (C=O) groups is 2. The zero-order valence-electron chi connectivity index (χ0n) is 19.1. The van der Waals surface area contributed by atoms with Gasteiger partial charge >= 0.3 is 0 Å². The van der Waals surface area contributed by atoms with E-state index in [-0.39, 0.29) is 24.3 Å². The maximum Gasteiger partial charge on any atom is 0.248 e. The van der Waals surface area contributed by atoms with Crippen LogP contribution in [-0.2, 0) is 16.0 Å². The number of thiophene rings is 1. The summed E-state index contributed by atoms with van der Waals surface area (Å²) in [6.45, 7) is 2.01. The molecule has 1 N–H and O–H groups in total. The molecule has 0 aliphatic heterocycles. The molecule has 33 heavy (non-hydrogen) atoms. The molecule has 2 aromatic carbocycles. The fourth-order valence-corrected chi connectivity index (χ4v) is 5.11. The molecule has 0 spiro atoms. The second-order valence-corrected chi connectivity index (χ2v) is 9.53. The second kappa shape index (κ2) is 10.7. The van der Waals surface area contributed by atoms with Gasteiger partial charge in [-0.2, -0.15) is 0 Å². The van der Waals surface area contributed by atoms with Gasteiger partial charge in [0.05, 0.1) is 19.2 Å². The van der Waals surface area contributed by atoms with Crippen molar-refractivity contribution in [2.75, 3.05) is 12.0 Å². The first-order valence-corrected chi connectivity index (χ1v) is 12.3. The summed E-state index contributed by atoms with van der Waals surface area (Å²) < 4.78 is 5.61. The van der Waals surface area contributed by atoms with Crippen molar-refractivity contribution in [1.29, 1.82) is 0 Å². The molecule has 1 aromatic heterocycles. The number of hydrogen-bond acceptors (Lipinski definition) is 4. The third kappa shape index (κ3) is 5.45. The number of nitrogens with zero attached hydrogens (tertiary/aromatic N) is 1. The van der Waals surface area contributed by atoms with Crippen LogP contribution < -0.4 is 15.0 Å². The van der Waals surface area contributed by atoms with Crippen molar-refractivity contribution in [3.8, 4) is 5.75 Å². The van der Waals surface area contributed by atoms with Gasteiger partial charge in [0.15, 0.2) is 0 Å². The minimum Gasteiger partial charge on any atom is -0.495 e.